The first-order chi connectivity index (χ1) is 12.0. The van der Waals surface area contributed by atoms with E-state index in [0.29, 0.717) is 30.2 Å². The van der Waals surface area contributed by atoms with Gasteiger partial charge in [-0.05, 0) is 18.6 Å². The van der Waals surface area contributed by atoms with Gasteiger partial charge in [0.1, 0.15) is 5.82 Å². The lowest BCUT2D eigenvalue weighted by molar-refractivity contribution is 0.142. The zero-order valence-corrected chi connectivity index (χ0v) is 13.8. The molecular weight excluding hydrogens is 320 g/mol. The molecule has 1 aliphatic heterocycles. The number of hydrogen-bond donors (Lipinski definition) is 2. The van der Waals surface area contributed by atoms with Crippen molar-refractivity contribution >= 4 is 17.9 Å². The van der Waals surface area contributed by atoms with E-state index >= 15 is 0 Å². The summed E-state index contributed by atoms with van der Waals surface area (Å²) in [5, 5.41) is 18.2. The number of rotatable bonds is 3. The van der Waals surface area contributed by atoms with E-state index in [1.807, 2.05) is 17.0 Å². The zero-order valence-electron chi connectivity index (χ0n) is 13.8. The molecule has 8 heteroatoms. The Morgan fingerprint density at radius 1 is 1.44 bits per heavy atom. The van der Waals surface area contributed by atoms with Gasteiger partial charge in [0, 0.05) is 31.8 Å². The van der Waals surface area contributed by atoms with E-state index in [1.54, 1.807) is 25.2 Å². The van der Waals surface area contributed by atoms with Crippen molar-refractivity contribution in [1.29, 1.82) is 5.26 Å². The first-order valence-electron chi connectivity index (χ1n) is 7.83. The van der Waals surface area contributed by atoms with Crippen LogP contribution in [0, 0.1) is 11.3 Å². The van der Waals surface area contributed by atoms with Gasteiger partial charge in [-0.3, -0.25) is 0 Å². The van der Waals surface area contributed by atoms with Crippen LogP contribution in [0.3, 0.4) is 0 Å². The van der Waals surface area contributed by atoms with Gasteiger partial charge in [-0.2, -0.15) is 10.2 Å². The summed E-state index contributed by atoms with van der Waals surface area (Å²) in [5.41, 5.74) is 7.82. The fourth-order valence-electron chi connectivity index (χ4n) is 2.93. The summed E-state index contributed by atoms with van der Waals surface area (Å²) in [5.74, 6) is 0.802. The summed E-state index contributed by atoms with van der Waals surface area (Å²) < 4.78 is 0. The Hall–Kier alpha value is -3.34. The van der Waals surface area contributed by atoms with Gasteiger partial charge in [0.15, 0.2) is 0 Å². The van der Waals surface area contributed by atoms with Crippen LogP contribution in [0.5, 0.6) is 0 Å². The van der Waals surface area contributed by atoms with Crippen LogP contribution >= 0.6 is 0 Å². The number of benzene rings is 1. The second kappa shape index (κ2) is 6.65. The highest BCUT2D eigenvalue weighted by atomic mass is 16.4. The number of nitrogen functional groups attached to an aromatic ring is 1. The molecular formula is C17H18N6O2. The Kier molecular flexibility index (Phi) is 4.39. The Morgan fingerprint density at radius 3 is 2.96 bits per heavy atom. The first-order valence-corrected chi connectivity index (χ1v) is 7.83. The van der Waals surface area contributed by atoms with Gasteiger partial charge in [0.05, 0.1) is 23.4 Å². The normalized spacial score (nSPS) is 16.5. The van der Waals surface area contributed by atoms with Crippen molar-refractivity contribution in [2.75, 3.05) is 30.8 Å². The van der Waals surface area contributed by atoms with Gasteiger partial charge in [0.25, 0.3) is 0 Å². The number of anilines is 2. The summed E-state index contributed by atoms with van der Waals surface area (Å²) in [6, 6.07) is 11.0. The van der Waals surface area contributed by atoms with E-state index in [1.165, 1.54) is 4.90 Å². The van der Waals surface area contributed by atoms with Gasteiger partial charge in [-0.25, -0.2) is 9.78 Å². The van der Waals surface area contributed by atoms with E-state index in [4.69, 9.17) is 16.1 Å². The van der Waals surface area contributed by atoms with E-state index in [9.17, 15) is 4.79 Å². The van der Waals surface area contributed by atoms with Crippen LogP contribution in [0.2, 0.25) is 0 Å². The largest absolute Gasteiger partial charge is 0.465 e. The van der Waals surface area contributed by atoms with E-state index in [2.05, 4.69) is 16.0 Å². The second-order valence-corrected chi connectivity index (χ2v) is 5.94. The van der Waals surface area contributed by atoms with Crippen LogP contribution in [0.25, 0.3) is 11.3 Å². The van der Waals surface area contributed by atoms with Crippen LogP contribution in [0.15, 0.2) is 30.3 Å². The van der Waals surface area contributed by atoms with Crippen LogP contribution in [-0.4, -0.2) is 52.2 Å². The highest BCUT2D eigenvalue weighted by Gasteiger charge is 2.29. The van der Waals surface area contributed by atoms with Gasteiger partial charge in [0.2, 0.25) is 5.95 Å². The average Bonchev–Trinajstić information content (AvgIpc) is 3.10. The minimum Gasteiger partial charge on any atom is -0.465 e. The standard InChI is InChI=1S/C17H18N6O2/c1-22(17(24)25)13-5-6-23(10-13)15-8-14(20-16(19)21-15)12-4-2-3-11(7-12)9-18/h2-4,7-8,13H,5-6,10H2,1H3,(H,24,25)(H2,19,20,21). The number of carbonyl (C=O) groups is 1. The van der Waals surface area contributed by atoms with Crippen molar-refractivity contribution in [2.24, 2.45) is 0 Å². The third-order valence-electron chi connectivity index (χ3n) is 4.35. The predicted octanol–water partition coefficient (Wildman–Crippen LogP) is 1.79. The number of carboxylic acid groups (broad SMARTS) is 1. The molecule has 0 saturated carbocycles. The molecule has 1 saturated heterocycles. The predicted molar refractivity (Wildman–Crippen MR) is 93.0 cm³/mol. The van der Waals surface area contributed by atoms with Crippen molar-refractivity contribution in [3.8, 4) is 17.3 Å². The molecule has 3 N–H and O–H groups in total. The van der Waals surface area contributed by atoms with Crippen LogP contribution in [-0.2, 0) is 0 Å². The minimum absolute atomic E-state index is 0.0842. The highest BCUT2D eigenvalue weighted by Crippen LogP contribution is 2.26. The maximum atomic E-state index is 11.1. The summed E-state index contributed by atoms with van der Waals surface area (Å²) in [6.45, 7) is 1.24. The third kappa shape index (κ3) is 3.45. The molecule has 1 unspecified atom stereocenters. The fraction of sp³-hybridized carbons (Fsp3) is 0.294. The molecule has 1 atom stereocenters. The molecule has 1 aromatic heterocycles. The van der Waals surface area contributed by atoms with Crippen molar-refractivity contribution < 1.29 is 9.90 Å². The van der Waals surface area contributed by atoms with Crippen molar-refractivity contribution in [3.63, 3.8) is 0 Å². The molecule has 1 aliphatic rings. The number of hydrogen-bond acceptors (Lipinski definition) is 6. The fourth-order valence-corrected chi connectivity index (χ4v) is 2.93. The maximum Gasteiger partial charge on any atom is 0.407 e. The maximum absolute atomic E-state index is 11.1. The number of aromatic nitrogens is 2. The molecule has 0 aliphatic carbocycles. The molecule has 25 heavy (non-hydrogen) atoms. The molecule has 128 valence electrons. The van der Waals surface area contributed by atoms with Gasteiger partial charge in [-0.15, -0.1) is 0 Å². The number of likely N-dealkylation sites (N-methyl/N-ethyl adjacent to an activating group) is 1. The Bertz CT molecular complexity index is 847. The van der Waals surface area contributed by atoms with Gasteiger partial charge < -0.3 is 20.6 Å². The Morgan fingerprint density at radius 2 is 2.24 bits per heavy atom. The minimum atomic E-state index is -0.942. The van der Waals surface area contributed by atoms with Crippen molar-refractivity contribution in [2.45, 2.75) is 12.5 Å². The van der Waals surface area contributed by atoms with Gasteiger partial charge >= 0.3 is 6.09 Å². The number of nitrogens with two attached hydrogens (primary N) is 1. The lowest BCUT2D eigenvalue weighted by atomic mass is 10.1. The number of nitrogens with zero attached hydrogens (tertiary/aromatic N) is 5. The Balaban J connectivity index is 1.88. The van der Waals surface area contributed by atoms with Crippen molar-refractivity contribution in [3.05, 3.63) is 35.9 Å². The van der Waals surface area contributed by atoms with Crippen LogP contribution in [0.1, 0.15) is 12.0 Å². The third-order valence-corrected chi connectivity index (χ3v) is 4.35. The molecule has 1 amide bonds. The number of amides is 1. The number of nitriles is 1. The molecule has 0 bridgehead atoms. The van der Waals surface area contributed by atoms with E-state index < -0.39 is 6.09 Å². The summed E-state index contributed by atoms with van der Waals surface area (Å²) in [6.07, 6.45) is -0.213. The lowest BCUT2D eigenvalue weighted by Gasteiger charge is -2.22. The summed E-state index contributed by atoms with van der Waals surface area (Å²) in [4.78, 5) is 23.0. The molecule has 1 fully saturated rings. The second-order valence-electron chi connectivity index (χ2n) is 5.94. The summed E-state index contributed by atoms with van der Waals surface area (Å²) in [7, 11) is 1.57. The topological polar surface area (TPSA) is 119 Å². The molecule has 0 radical (unpaired) electrons. The lowest BCUT2D eigenvalue weighted by Crippen LogP contribution is -2.38. The van der Waals surface area contributed by atoms with Gasteiger partial charge in [-0.1, -0.05) is 12.1 Å². The summed E-state index contributed by atoms with van der Waals surface area (Å²) >= 11 is 0. The monoisotopic (exact) mass is 338 g/mol. The molecule has 2 heterocycles. The van der Waals surface area contributed by atoms with Crippen LogP contribution in [0.4, 0.5) is 16.6 Å². The van der Waals surface area contributed by atoms with E-state index in [0.717, 1.165) is 12.0 Å². The molecule has 8 nitrogen and oxygen atoms in total. The zero-order chi connectivity index (χ0) is 18.0. The molecule has 1 aromatic carbocycles. The highest BCUT2D eigenvalue weighted by molar-refractivity contribution is 5.67. The van der Waals surface area contributed by atoms with Crippen LogP contribution < -0.4 is 10.6 Å². The smallest absolute Gasteiger partial charge is 0.407 e. The van der Waals surface area contributed by atoms with Crippen molar-refractivity contribution in [1.82, 2.24) is 14.9 Å². The SMILES string of the molecule is CN(C(=O)O)C1CCN(c2cc(-c3cccc(C#N)c3)nc(N)n2)C1. The Labute approximate surface area is 145 Å². The first kappa shape index (κ1) is 16.5. The molecule has 2 aromatic rings. The quantitative estimate of drug-likeness (QED) is 0.875. The van der Waals surface area contributed by atoms with E-state index in [-0.39, 0.29) is 12.0 Å². The average molecular weight is 338 g/mol. The molecule has 3 rings (SSSR count). The molecule has 0 spiro atoms.